The van der Waals surface area contributed by atoms with E-state index in [1.54, 1.807) is 6.07 Å². The van der Waals surface area contributed by atoms with Gasteiger partial charge in [-0.2, -0.15) is 15.6 Å². The average molecular weight is 400 g/mol. The predicted molar refractivity (Wildman–Crippen MR) is 98.1 cm³/mol. The number of halogens is 2. The molecule has 2 amide bonds. The summed E-state index contributed by atoms with van der Waals surface area (Å²) in [5.74, 6) is -2.35. The predicted octanol–water partition coefficient (Wildman–Crippen LogP) is 3.22. The van der Waals surface area contributed by atoms with Crippen molar-refractivity contribution in [2.75, 3.05) is 5.43 Å². The molecule has 0 aliphatic rings. The van der Waals surface area contributed by atoms with Gasteiger partial charge in [0, 0.05) is 5.02 Å². The van der Waals surface area contributed by atoms with Crippen molar-refractivity contribution >= 4 is 35.0 Å². The number of imide groups is 1. The van der Waals surface area contributed by atoms with Crippen molar-refractivity contribution in [1.82, 2.24) is 5.32 Å². The number of carbonyl (C=O) groups is 2. The number of hydrazone groups is 1. The van der Waals surface area contributed by atoms with Crippen molar-refractivity contribution in [2.45, 2.75) is 5.92 Å². The molecule has 0 saturated carbocycles. The first-order valence-corrected chi connectivity index (χ1v) is 7.96. The van der Waals surface area contributed by atoms with E-state index in [0.717, 1.165) is 0 Å². The zero-order chi connectivity index (χ0) is 20.7. The van der Waals surface area contributed by atoms with Crippen molar-refractivity contribution in [1.29, 1.82) is 10.5 Å². The van der Waals surface area contributed by atoms with Crippen LogP contribution in [0, 0.1) is 28.5 Å². The van der Waals surface area contributed by atoms with Crippen LogP contribution in [0.1, 0.15) is 17.0 Å². The lowest BCUT2D eigenvalue weighted by molar-refractivity contribution is -0.114. The lowest BCUT2D eigenvalue weighted by atomic mass is 9.92. The highest BCUT2D eigenvalue weighted by molar-refractivity contribution is 6.46. The molecule has 3 N–H and O–H groups in total. The van der Waals surface area contributed by atoms with E-state index in [0.29, 0.717) is 16.8 Å². The van der Waals surface area contributed by atoms with Crippen LogP contribution in [-0.2, 0) is 4.79 Å². The summed E-state index contributed by atoms with van der Waals surface area (Å²) >= 11 is 6.23. The highest BCUT2D eigenvalue weighted by atomic mass is 35.5. The maximum atomic E-state index is 13.1. The number of carboxylic acid groups (broad SMARTS) is 1. The van der Waals surface area contributed by atoms with E-state index in [1.165, 1.54) is 47.8 Å². The maximum Gasteiger partial charge on any atom is 0.411 e. The fourth-order valence-electron chi connectivity index (χ4n) is 2.21. The Balaban J connectivity index is 2.24. The number of hydrogen-bond acceptors (Lipinski definition) is 6. The van der Waals surface area contributed by atoms with Gasteiger partial charge in [0.2, 0.25) is 5.71 Å². The van der Waals surface area contributed by atoms with Crippen LogP contribution in [0.5, 0.6) is 0 Å². The second kappa shape index (κ2) is 9.12. The zero-order valence-electron chi connectivity index (χ0n) is 14.0. The topological polar surface area (TPSA) is 138 Å². The van der Waals surface area contributed by atoms with Gasteiger partial charge in [-0.15, -0.1) is 0 Å². The Labute approximate surface area is 163 Å². The summed E-state index contributed by atoms with van der Waals surface area (Å²) in [7, 11) is 0. The summed E-state index contributed by atoms with van der Waals surface area (Å²) in [6, 6.07) is 13.5. The lowest BCUT2D eigenvalue weighted by Crippen LogP contribution is -2.34. The van der Waals surface area contributed by atoms with Gasteiger partial charge < -0.3 is 5.11 Å². The largest absolute Gasteiger partial charge is 0.465 e. The Morgan fingerprint density at radius 2 is 1.86 bits per heavy atom. The van der Waals surface area contributed by atoms with E-state index in [2.05, 4.69) is 16.6 Å². The quantitative estimate of drug-likeness (QED) is 0.521. The lowest BCUT2D eigenvalue weighted by Gasteiger charge is -2.13. The molecule has 8 nitrogen and oxygen atoms in total. The molecule has 1 unspecified atom stereocenters. The zero-order valence-corrected chi connectivity index (χ0v) is 14.7. The van der Waals surface area contributed by atoms with Gasteiger partial charge in [0.25, 0.3) is 5.91 Å². The molecule has 0 radical (unpaired) electrons. The third kappa shape index (κ3) is 5.04. The molecule has 0 saturated heterocycles. The first-order valence-electron chi connectivity index (χ1n) is 7.58. The van der Waals surface area contributed by atoms with Crippen LogP contribution in [0.4, 0.5) is 14.9 Å². The number of amides is 2. The molecule has 0 aliphatic heterocycles. The minimum atomic E-state index is -1.62. The van der Waals surface area contributed by atoms with Crippen molar-refractivity contribution in [3.05, 3.63) is 64.4 Å². The fraction of sp³-hybridized carbons (Fsp3) is 0.0556. The Kier molecular flexibility index (Phi) is 6.63. The molecular formula is C18H11ClFN5O3. The van der Waals surface area contributed by atoms with Crippen LogP contribution < -0.4 is 10.7 Å². The first kappa shape index (κ1) is 20.4. The Hall–Kier alpha value is -3.95. The number of anilines is 1. The van der Waals surface area contributed by atoms with E-state index in [4.69, 9.17) is 22.0 Å². The van der Waals surface area contributed by atoms with Gasteiger partial charge in [-0.1, -0.05) is 29.8 Å². The summed E-state index contributed by atoms with van der Waals surface area (Å²) in [6.07, 6.45) is -1.62. The third-order valence-corrected chi connectivity index (χ3v) is 3.81. The van der Waals surface area contributed by atoms with Crippen molar-refractivity contribution in [2.24, 2.45) is 5.10 Å². The molecule has 28 heavy (non-hydrogen) atoms. The SMILES string of the molecule is N#CC(=NNc1ccc(C(C#N)c2ccc(F)cc2)c(Cl)c1)C(=O)NC(=O)O. The Bertz CT molecular complexity index is 1020. The molecule has 0 heterocycles. The van der Waals surface area contributed by atoms with E-state index in [9.17, 15) is 19.2 Å². The van der Waals surface area contributed by atoms with Crippen LogP contribution in [0.15, 0.2) is 47.6 Å². The summed E-state index contributed by atoms with van der Waals surface area (Å²) in [5.41, 5.74) is 3.03. The van der Waals surface area contributed by atoms with Gasteiger partial charge in [-0.05, 0) is 35.4 Å². The number of benzene rings is 2. The van der Waals surface area contributed by atoms with Crippen LogP contribution in [0.2, 0.25) is 5.02 Å². The van der Waals surface area contributed by atoms with Crippen LogP contribution >= 0.6 is 11.6 Å². The molecule has 0 fully saturated rings. The van der Waals surface area contributed by atoms with Gasteiger partial charge in [0.15, 0.2) is 0 Å². The first-order chi connectivity index (χ1) is 13.3. The molecule has 0 spiro atoms. The summed E-state index contributed by atoms with van der Waals surface area (Å²) < 4.78 is 13.1. The number of rotatable bonds is 5. The monoisotopic (exact) mass is 399 g/mol. The van der Waals surface area contributed by atoms with Crippen LogP contribution in [0.25, 0.3) is 0 Å². The fourth-order valence-corrected chi connectivity index (χ4v) is 2.50. The smallest absolute Gasteiger partial charge is 0.411 e. The van der Waals surface area contributed by atoms with E-state index in [-0.39, 0.29) is 5.02 Å². The standard InChI is InChI=1S/C18H11ClFN5O3/c19-15-7-12(24-25-16(9-22)17(26)23-18(27)28)5-6-13(15)14(8-21)10-1-3-11(20)4-2-10/h1-7,14,24H,(H,23,26)(H,27,28). The molecule has 2 aromatic carbocycles. The van der Waals surface area contributed by atoms with Crippen molar-refractivity contribution < 1.29 is 19.1 Å². The highest BCUT2D eigenvalue weighted by Gasteiger charge is 2.18. The Morgan fingerprint density at radius 1 is 1.18 bits per heavy atom. The Morgan fingerprint density at radius 3 is 2.39 bits per heavy atom. The molecule has 10 heteroatoms. The molecule has 2 rings (SSSR count). The van der Waals surface area contributed by atoms with Gasteiger partial charge in [-0.3, -0.25) is 15.5 Å². The molecule has 0 aromatic heterocycles. The van der Waals surface area contributed by atoms with Gasteiger partial charge >= 0.3 is 6.09 Å². The van der Waals surface area contributed by atoms with Crippen molar-refractivity contribution in [3.63, 3.8) is 0 Å². The van der Waals surface area contributed by atoms with Crippen LogP contribution in [-0.4, -0.2) is 22.8 Å². The van der Waals surface area contributed by atoms with Gasteiger partial charge in [-0.25, -0.2) is 9.18 Å². The number of nitrogens with zero attached hydrogens (tertiary/aromatic N) is 3. The number of nitrogens with one attached hydrogen (secondary N) is 2. The van der Waals surface area contributed by atoms with E-state index < -0.39 is 29.4 Å². The maximum absolute atomic E-state index is 13.1. The summed E-state index contributed by atoms with van der Waals surface area (Å²) in [6.45, 7) is 0. The van der Waals surface area contributed by atoms with Crippen LogP contribution in [0.3, 0.4) is 0 Å². The third-order valence-electron chi connectivity index (χ3n) is 3.48. The second-order valence-electron chi connectivity index (χ2n) is 5.29. The van der Waals surface area contributed by atoms with E-state index in [1.807, 2.05) is 0 Å². The molecule has 1 atom stereocenters. The van der Waals surface area contributed by atoms with Crippen molar-refractivity contribution in [3.8, 4) is 12.1 Å². The molecular weight excluding hydrogens is 389 g/mol. The summed E-state index contributed by atoms with van der Waals surface area (Å²) in [5, 5.41) is 32.0. The molecule has 0 bridgehead atoms. The minimum Gasteiger partial charge on any atom is -0.465 e. The van der Waals surface area contributed by atoms with Gasteiger partial charge in [0.1, 0.15) is 11.9 Å². The average Bonchev–Trinajstić information content (AvgIpc) is 2.65. The number of hydrogen-bond donors (Lipinski definition) is 3. The highest BCUT2D eigenvalue weighted by Crippen LogP contribution is 2.32. The molecule has 2 aromatic rings. The molecule has 0 aliphatic carbocycles. The van der Waals surface area contributed by atoms with Gasteiger partial charge in [0.05, 0.1) is 17.7 Å². The minimum absolute atomic E-state index is 0.199. The second-order valence-corrected chi connectivity index (χ2v) is 5.70. The normalized spacial score (nSPS) is 11.6. The number of carbonyl (C=O) groups excluding carboxylic acids is 1. The number of nitriles is 2. The molecule has 140 valence electrons. The summed E-state index contributed by atoms with van der Waals surface area (Å²) in [4.78, 5) is 21.9. The van der Waals surface area contributed by atoms with E-state index >= 15 is 0 Å².